The maximum absolute atomic E-state index is 12.6. The number of aromatic nitrogens is 2. The molecule has 1 fully saturated rings. The number of amides is 2. The van der Waals surface area contributed by atoms with Gasteiger partial charge in [-0.05, 0) is 30.7 Å². The number of rotatable bonds is 7. The number of nitrogens with zero attached hydrogens (tertiary/aromatic N) is 2. The van der Waals surface area contributed by atoms with E-state index in [2.05, 4.69) is 22.7 Å². The lowest BCUT2D eigenvalue weighted by atomic mass is 10.1. The molecule has 0 unspecified atom stereocenters. The third-order valence-electron chi connectivity index (χ3n) is 4.91. The van der Waals surface area contributed by atoms with Gasteiger partial charge in [0.25, 0.3) is 0 Å². The molecule has 30 heavy (non-hydrogen) atoms. The number of nitrogens with one attached hydrogen (secondary N) is 2. The van der Waals surface area contributed by atoms with E-state index >= 15 is 0 Å². The molecular weight excluding hydrogens is 380 g/mol. The molecule has 1 aromatic heterocycles. The van der Waals surface area contributed by atoms with E-state index in [1.54, 1.807) is 4.68 Å². The monoisotopic (exact) mass is 404 g/mol. The second-order valence-corrected chi connectivity index (χ2v) is 7.23. The summed E-state index contributed by atoms with van der Waals surface area (Å²) >= 11 is 0. The zero-order valence-corrected chi connectivity index (χ0v) is 16.8. The lowest BCUT2D eigenvalue weighted by Gasteiger charge is -2.09. The first kappa shape index (κ1) is 19.7. The van der Waals surface area contributed by atoms with Crippen LogP contribution in [0.2, 0.25) is 0 Å². The van der Waals surface area contributed by atoms with Crippen LogP contribution < -0.4 is 15.4 Å². The Balaban J connectivity index is 1.67. The molecule has 4 rings (SSSR count). The second-order valence-electron chi connectivity index (χ2n) is 7.23. The average molecular weight is 404 g/mol. The van der Waals surface area contributed by atoms with Crippen LogP contribution >= 0.6 is 0 Å². The summed E-state index contributed by atoms with van der Waals surface area (Å²) in [5.74, 6) is 0.537. The summed E-state index contributed by atoms with van der Waals surface area (Å²) in [6, 6.07) is 19.4. The maximum atomic E-state index is 12.6. The van der Waals surface area contributed by atoms with Gasteiger partial charge in [-0.2, -0.15) is 0 Å². The third kappa shape index (κ3) is 4.35. The number of hydrogen-bond acceptors (Lipinski definition) is 4. The number of hydrogen-bond donors (Lipinski definition) is 2. The molecular formula is C23H24N4O3. The van der Waals surface area contributed by atoms with E-state index < -0.39 is 0 Å². The Kier molecular flexibility index (Phi) is 5.79. The van der Waals surface area contributed by atoms with Gasteiger partial charge in [0, 0.05) is 24.6 Å². The SMILES string of the molecule is CCCOc1cccc(-c2cc(NC(=O)[C@H]3CNC(=O)C3)nn2-c2ccccc2)c1. The molecule has 1 aliphatic heterocycles. The predicted octanol–water partition coefficient (Wildman–Crippen LogP) is 3.40. The third-order valence-corrected chi connectivity index (χ3v) is 4.91. The maximum Gasteiger partial charge on any atom is 0.230 e. The summed E-state index contributed by atoms with van der Waals surface area (Å²) in [4.78, 5) is 24.0. The van der Waals surface area contributed by atoms with Crippen LogP contribution in [0, 0.1) is 5.92 Å². The van der Waals surface area contributed by atoms with Crippen LogP contribution in [0.3, 0.4) is 0 Å². The van der Waals surface area contributed by atoms with Crippen molar-refractivity contribution in [2.24, 2.45) is 5.92 Å². The van der Waals surface area contributed by atoms with Gasteiger partial charge in [-0.3, -0.25) is 9.59 Å². The predicted molar refractivity (Wildman–Crippen MR) is 115 cm³/mol. The first-order valence-electron chi connectivity index (χ1n) is 10.1. The fraction of sp³-hybridized carbons (Fsp3) is 0.261. The van der Waals surface area contributed by atoms with E-state index in [1.165, 1.54) is 0 Å². The Hall–Kier alpha value is -3.61. The van der Waals surface area contributed by atoms with Crippen molar-refractivity contribution >= 4 is 17.6 Å². The van der Waals surface area contributed by atoms with E-state index in [0.29, 0.717) is 19.0 Å². The lowest BCUT2D eigenvalue weighted by Crippen LogP contribution is -2.24. The fourth-order valence-corrected chi connectivity index (χ4v) is 3.40. The van der Waals surface area contributed by atoms with Crippen molar-refractivity contribution in [3.63, 3.8) is 0 Å². The minimum atomic E-state index is -0.381. The van der Waals surface area contributed by atoms with E-state index in [9.17, 15) is 9.59 Å². The Morgan fingerprint density at radius 2 is 2.03 bits per heavy atom. The van der Waals surface area contributed by atoms with Crippen LogP contribution in [0.1, 0.15) is 19.8 Å². The first-order chi connectivity index (χ1) is 14.6. The highest BCUT2D eigenvalue weighted by Gasteiger charge is 2.28. The van der Waals surface area contributed by atoms with Gasteiger partial charge >= 0.3 is 0 Å². The van der Waals surface area contributed by atoms with Crippen molar-refractivity contribution < 1.29 is 14.3 Å². The molecule has 1 saturated heterocycles. The van der Waals surface area contributed by atoms with Crippen molar-refractivity contribution in [2.45, 2.75) is 19.8 Å². The number of para-hydroxylation sites is 1. The van der Waals surface area contributed by atoms with E-state index in [0.717, 1.165) is 29.1 Å². The molecule has 2 heterocycles. The van der Waals surface area contributed by atoms with Crippen molar-refractivity contribution in [3.8, 4) is 22.7 Å². The quantitative estimate of drug-likeness (QED) is 0.632. The van der Waals surface area contributed by atoms with Crippen LogP contribution in [-0.4, -0.2) is 34.7 Å². The standard InChI is InChI=1S/C23H24N4O3/c1-2-11-30-19-10-6-7-16(12-19)20-14-21(25-23(29)17-13-22(28)24-15-17)26-27(20)18-8-4-3-5-9-18/h3-10,12,14,17H,2,11,13,15H2,1H3,(H,24,28)(H,25,26,29)/t17-/m1/s1. The molecule has 3 aromatic rings. The van der Waals surface area contributed by atoms with Gasteiger partial charge in [0.15, 0.2) is 5.82 Å². The topological polar surface area (TPSA) is 85.2 Å². The van der Waals surface area contributed by atoms with Crippen LogP contribution in [-0.2, 0) is 9.59 Å². The smallest absolute Gasteiger partial charge is 0.230 e. The minimum Gasteiger partial charge on any atom is -0.494 e. The Bertz CT molecular complexity index is 1050. The number of carbonyl (C=O) groups excluding carboxylic acids is 2. The summed E-state index contributed by atoms with van der Waals surface area (Å²) in [6.07, 6.45) is 1.13. The van der Waals surface area contributed by atoms with Crippen molar-refractivity contribution in [3.05, 3.63) is 60.7 Å². The highest BCUT2D eigenvalue weighted by Crippen LogP contribution is 2.29. The molecule has 2 amide bonds. The molecule has 0 radical (unpaired) electrons. The molecule has 1 atom stereocenters. The molecule has 7 heteroatoms. The summed E-state index contributed by atoms with van der Waals surface area (Å²) < 4.78 is 7.57. The average Bonchev–Trinajstić information content (AvgIpc) is 3.39. The molecule has 7 nitrogen and oxygen atoms in total. The van der Waals surface area contributed by atoms with Crippen molar-refractivity contribution in [2.75, 3.05) is 18.5 Å². The summed E-state index contributed by atoms with van der Waals surface area (Å²) in [5.41, 5.74) is 2.64. The van der Waals surface area contributed by atoms with E-state index in [1.807, 2.05) is 60.7 Å². The lowest BCUT2D eigenvalue weighted by molar-refractivity contribution is -0.123. The van der Waals surface area contributed by atoms with Gasteiger partial charge in [0.1, 0.15) is 5.75 Å². The molecule has 154 valence electrons. The van der Waals surface area contributed by atoms with Crippen LogP contribution in [0.25, 0.3) is 16.9 Å². The fourth-order valence-electron chi connectivity index (χ4n) is 3.40. The van der Waals surface area contributed by atoms with Crippen molar-refractivity contribution in [1.82, 2.24) is 15.1 Å². The molecule has 0 bridgehead atoms. The number of carbonyl (C=O) groups is 2. The molecule has 0 aliphatic carbocycles. The van der Waals surface area contributed by atoms with Gasteiger partial charge in [-0.1, -0.05) is 37.3 Å². The van der Waals surface area contributed by atoms with E-state index in [-0.39, 0.29) is 24.2 Å². The highest BCUT2D eigenvalue weighted by atomic mass is 16.5. The summed E-state index contributed by atoms with van der Waals surface area (Å²) in [7, 11) is 0. The minimum absolute atomic E-state index is 0.102. The van der Waals surface area contributed by atoms with Crippen LogP contribution in [0.15, 0.2) is 60.7 Å². The number of anilines is 1. The largest absolute Gasteiger partial charge is 0.494 e. The van der Waals surface area contributed by atoms with Gasteiger partial charge in [0.2, 0.25) is 11.8 Å². The zero-order chi connectivity index (χ0) is 20.9. The first-order valence-corrected chi connectivity index (χ1v) is 10.1. The van der Waals surface area contributed by atoms with Gasteiger partial charge in [0.05, 0.1) is 23.9 Å². The van der Waals surface area contributed by atoms with Gasteiger partial charge in [-0.15, -0.1) is 5.10 Å². The summed E-state index contributed by atoms with van der Waals surface area (Å²) in [5, 5.41) is 10.2. The van der Waals surface area contributed by atoms with E-state index in [4.69, 9.17) is 4.74 Å². The molecule has 0 saturated carbocycles. The molecule has 0 spiro atoms. The Labute approximate surface area is 175 Å². The zero-order valence-electron chi connectivity index (χ0n) is 16.8. The Morgan fingerprint density at radius 1 is 1.20 bits per heavy atom. The molecule has 1 aliphatic rings. The Morgan fingerprint density at radius 3 is 2.77 bits per heavy atom. The van der Waals surface area contributed by atoms with Crippen molar-refractivity contribution in [1.29, 1.82) is 0 Å². The second kappa shape index (κ2) is 8.82. The summed E-state index contributed by atoms with van der Waals surface area (Å²) in [6.45, 7) is 3.07. The highest BCUT2D eigenvalue weighted by molar-refractivity contribution is 5.97. The number of benzene rings is 2. The van der Waals surface area contributed by atoms with Gasteiger partial charge in [-0.25, -0.2) is 4.68 Å². The van der Waals surface area contributed by atoms with Gasteiger partial charge < -0.3 is 15.4 Å². The normalized spacial score (nSPS) is 15.6. The molecule has 2 aromatic carbocycles. The molecule has 2 N–H and O–H groups in total. The number of ether oxygens (including phenoxy) is 1. The van der Waals surface area contributed by atoms with Crippen LogP contribution in [0.4, 0.5) is 5.82 Å². The van der Waals surface area contributed by atoms with Crippen LogP contribution in [0.5, 0.6) is 5.75 Å².